The zero-order valence-corrected chi connectivity index (χ0v) is 13.2. The van der Waals surface area contributed by atoms with E-state index in [0.717, 1.165) is 10.8 Å². The Bertz CT molecular complexity index is 661. The van der Waals surface area contributed by atoms with Gasteiger partial charge in [0.2, 0.25) is 5.09 Å². The summed E-state index contributed by atoms with van der Waals surface area (Å²) in [6.45, 7) is 3.29. The van der Waals surface area contributed by atoms with Crippen molar-refractivity contribution < 1.29 is 12.8 Å². The fourth-order valence-electron chi connectivity index (χ4n) is 1.82. The van der Waals surface area contributed by atoms with Gasteiger partial charge in [-0.25, -0.2) is 17.7 Å². The van der Waals surface area contributed by atoms with Gasteiger partial charge in [-0.1, -0.05) is 0 Å². The van der Waals surface area contributed by atoms with Gasteiger partial charge < -0.3 is 14.3 Å². The van der Waals surface area contributed by atoms with Crippen molar-refractivity contribution in [3.8, 4) is 0 Å². The highest BCUT2D eigenvalue weighted by Gasteiger charge is 2.21. The van der Waals surface area contributed by atoms with E-state index in [1.54, 1.807) is 18.6 Å². The molecule has 2 heterocycles. The number of nitrogens with one attached hydrogen (secondary N) is 1. The average molecular weight is 312 g/mol. The molecular formula is C13H20N4O3S. The van der Waals surface area contributed by atoms with Crippen LogP contribution in [0.15, 0.2) is 40.4 Å². The Labute approximate surface area is 124 Å². The number of sulfonamides is 1. The van der Waals surface area contributed by atoms with Crippen LogP contribution in [0, 0.1) is 0 Å². The molecule has 0 aliphatic heterocycles. The second kappa shape index (κ2) is 6.42. The van der Waals surface area contributed by atoms with Gasteiger partial charge in [-0.2, -0.15) is 0 Å². The molecule has 116 valence electrons. The lowest BCUT2D eigenvalue weighted by atomic mass is 10.3. The molecule has 0 aromatic carbocycles. The Kier molecular flexibility index (Phi) is 4.81. The van der Waals surface area contributed by atoms with Crippen LogP contribution in [-0.2, 0) is 23.1 Å². The summed E-state index contributed by atoms with van der Waals surface area (Å²) in [4.78, 5) is 3.99. The van der Waals surface area contributed by atoms with Crippen molar-refractivity contribution in [3.05, 3.63) is 36.6 Å². The van der Waals surface area contributed by atoms with Gasteiger partial charge in [-0.05, 0) is 19.1 Å². The monoisotopic (exact) mass is 312 g/mol. The molecular weight excluding hydrogens is 292 g/mol. The lowest BCUT2D eigenvalue weighted by Crippen LogP contribution is -2.29. The van der Waals surface area contributed by atoms with E-state index in [2.05, 4.69) is 10.3 Å². The predicted molar refractivity (Wildman–Crippen MR) is 78.1 cm³/mol. The Hall–Kier alpha value is -1.64. The third-order valence-electron chi connectivity index (χ3n) is 3.04. The van der Waals surface area contributed by atoms with E-state index in [1.807, 2.05) is 17.7 Å². The lowest BCUT2D eigenvalue weighted by molar-refractivity contribution is 0.374. The largest absolute Gasteiger partial charge is 0.447 e. The van der Waals surface area contributed by atoms with E-state index < -0.39 is 10.0 Å². The van der Waals surface area contributed by atoms with Crippen LogP contribution in [0.5, 0.6) is 0 Å². The summed E-state index contributed by atoms with van der Waals surface area (Å²) in [6.07, 6.45) is 5.39. The Balaban J connectivity index is 1.91. The van der Waals surface area contributed by atoms with Gasteiger partial charge in [0, 0.05) is 39.1 Å². The average Bonchev–Trinajstić information content (AvgIpc) is 3.07. The molecule has 2 aromatic heterocycles. The minimum Gasteiger partial charge on any atom is -0.447 e. The molecule has 0 amide bonds. The van der Waals surface area contributed by atoms with Crippen molar-refractivity contribution in [1.82, 2.24) is 19.2 Å². The van der Waals surface area contributed by atoms with Crippen LogP contribution >= 0.6 is 0 Å². The molecule has 0 bridgehead atoms. The first kappa shape index (κ1) is 15.7. The number of aromatic nitrogens is 2. The second-order valence-electron chi connectivity index (χ2n) is 5.05. The highest BCUT2D eigenvalue weighted by molar-refractivity contribution is 7.88. The van der Waals surface area contributed by atoms with Gasteiger partial charge in [0.15, 0.2) is 0 Å². The maximum absolute atomic E-state index is 11.9. The molecule has 1 unspecified atom stereocenters. The van der Waals surface area contributed by atoms with Crippen molar-refractivity contribution in [2.75, 3.05) is 14.1 Å². The summed E-state index contributed by atoms with van der Waals surface area (Å²) in [5.41, 5.74) is 0. The van der Waals surface area contributed by atoms with Crippen LogP contribution in [0.2, 0.25) is 0 Å². The molecule has 2 aromatic rings. The first-order valence-electron chi connectivity index (χ1n) is 6.60. The Morgan fingerprint density at radius 2 is 2.19 bits per heavy atom. The third-order valence-corrected chi connectivity index (χ3v) is 4.73. The molecule has 0 aliphatic carbocycles. The minimum atomic E-state index is -3.51. The van der Waals surface area contributed by atoms with Gasteiger partial charge in [-0.15, -0.1) is 0 Å². The first-order valence-corrected chi connectivity index (χ1v) is 8.04. The summed E-state index contributed by atoms with van der Waals surface area (Å²) in [7, 11) is -0.559. The van der Waals surface area contributed by atoms with E-state index in [4.69, 9.17) is 4.42 Å². The SMILES string of the molecule is CC(Cn1ccnc1)NCc1ccc(S(=O)(=O)N(C)C)o1. The molecule has 7 nitrogen and oxygen atoms in total. The van der Waals surface area contributed by atoms with Crippen molar-refractivity contribution in [1.29, 1.82) is 0 Å². The predicted octanol–water partition coefficient (Wildman–Crippen LogP) is 0.905. The molecule has 21 heavy (non-hydrogen) atoms. The fourth-order valence-corrected chi connectivity index (χ4v) is 2.63. The molecule has 1 N–H and O–H groups in total. The van der Waals surface area contributed by atoms with E-state index in [9.17, 15) is 8.42 Å². The number of hydrogen-bond acceptors (Lipinski definition) is 5. The molecule has 1 atom stereocenters. The van der Waals surface area contributed by atoms with Crippen LogP contribution in [-0.4, -0.2) is 42.4 Å². The fraction of sp³-hybridized carbons (Fsp3) is 0.462. The number of imidazole rings is 1. The van der Waals surface area contributed by atoms with Gasteiger partial charge in [0.05, 0.1) is 12.9 Å². The second-order valence-corrected chi connectivity index (χ2v) is 7.13. The molecule has 2 rings (SSSR count). The maximum Gasteiger partial charge on any atom is 0.275 e. The van der Waals surface area contributed by atoms with Gasteiger partial charge >= 0.3 is 0 Å². The maximum atomic E-state index is 11.9. The summed E-state index contributed by atoms with van der Waals surface area (Å²) >= 11 is 0. The first-order chi connectivity index (χ1) is 9.89. The number of rotatable bonds is 7. The lowest BCUT2D eigenvalue weighted by Gasteiger charge is -2.13. The molecule has 0 spiro atoms. The van der Waals surface area contributed by atoms with Crippen molar-refractivity contribution >= 4 is 10.0 Å². The summed E-state index contributed by atoms with van der Waals surface area (Å²) in [5, 5.41) is 3.24. The third kappa shape index (κ3) is 3.93. The van der Waals surface area contributed by atoms with Crippen LogP contribution in [0.3, 0.4) is 0 Å². The zero-order chi connectivity index (χ0) is 15.5. The van der Waals surface area contributed by atoms with E-state index >= 15 is 0 Å². The molecule has 0 saturated heterocycles. The van der Waals surface area contributed by atoms with Crippen molar-refractivity contribution in [2.45, 2.75) is 31.1 Å². The number of nitrogens with zero attached hydrogens (tertiary/aromatic N) is 3. The number of furan rings is 1. The van der Waals surface area contributed by atoms with E-state index in [0.29, 0.717) is 12.3 Å². The van der Waals surface area contributed by atoms with Gasteiger partial charge in [0.1, 0.15) is 5.76 Å². The summed E-state index contributed by atoms with van der Waals surface area (Å²) in [5.74, 6) is 0.591. The van der Waals surface area contributed by atoms with Crippen LogP contribution in [0.25, 0.3) is 0 Å². The van der Waals surface area contributed by atoms with Crippen LogP contribution in [0.1, 0.15) is 12.7 Å². The quantitative estimate of drug-likeness (QED) is 0.822. The molecule has 0 radical (unpaired) electrons. The topological polar surface area (TPSA) is 80.4 Å². The molecule has 0 fully saturated rings. The smallest absolute Gasteiger partial charge is 0.275 e. The van der Waals surface area contributed by atoms with Gasteiger partial charge in [0.25, 0.3) is 10.0 Å². The van der Waals surface area contributed by atoms with Crippen molar-refractivity contribution in [3.63, 3.8) is 0 Å². The van der Waals surface area contributed by atoms with E-state index in [1.165, 1.54) is 20.2 Å². The van der Waals surface area contributed by atoms with Crippen molar-refractivity contribution in [2.24, 2.45) is 0 Å². The molecule has 0 saturated carbocycles. The highest BCUT2D eigenvalue weighted by Crippen LogP contribution is 2.16. The van der Waals surface area contributed by atoms with Crippen LogP contribution < -0.4 is 5.32 Å². The summed E-state index contributed by atoms with van der Waals surface area (Å²) in [6, 6.07) is 3.36. The standard InChI is InChI=1S/C13H20N4O3S/c1-11(9-17-7-6-14-10-17)15-8-12-4-5-13(20-12)21(18,19)16(2)3/h4-7,10-11,15H,8-9H2,1-3H3. The Morgan fingerprint density at radius 3 is 2.81 bits per heavy atom. The summed E-state index contributed by atoms with van der Waals surface area (Å²) < 4.78 is 32.3. The molecule has 8 heteroatoms. The Morgan fingerprint density at radius 1 is 1.43 bits per heavy atom. The number of hydrogen-bond donors (Lipinski definition) is 1. The minimum absolute atomic E-state index is 0.0356. The van der Waals surface area contributed by atoms with Crippen LogP contribution in [0.4, 0.5) is 0 Å². The normalized spacial score (nSPS) is 13.7. The van der Waals surface area contributed by atoms with E-state index in [-0.39, 0.29) is 11.1 Å². The van der Waals surface area contributed by atoms with Gasteiger partial charge in [-0.3, -0.25) is 0 Å². The zero-order valence-electron chi connectivity index (χ0n) is 12.4. The highest BCUT2D eigenvalue weighted by atomic mass is 32.2. The molecule has 0 aliphatic rings.